The summed E-state index contributed by atoms with van der Waals surface area (Å²) in [5.74, 6) is -0.428. The van der Waals surface area contributed by atoms with Crippen molar-refractivity contribution in [1.82, 2.24) is 10.2 Å². The van der Waals surface area contributed by atoms with E-state index in [0.29, 0.717) is 21.4 Å². The molecule has 43 heavy (non-hydrogen) atoms. The van der Waals surface area contributed by atoms with Crippen molar-refractivity contribution in [2.45, 2.75) is 57.6 Å². The lowest BCUT2D eigenvalue weighted by molar-refractivity contribution is -0.140. The third-order valence-corrected chi connectivity index (χ3v) is 9.09. The van der Waals surface area contributed by atoms with Crippen molar-refractivity contribution in [3.63, 3.8) is 0 Å². The molecule has 0 saturated heterocycles. The number of halogens is 2. The first-order valence-corrected chi connectivity index (χ1v) is 15.6. The highest BCUT2D eigenvalue weighted by Gasteiger charge is 2.34. The number of ether oxygens (including phenoxy) is 2. The molecule has 3 aromatic carbocycles. The van der Waals surface area contributed by atoms with Crippen LogP contribution in [0.4, 0.5) is 5.69 Å². The molecule has 0 saturated carbocycles. The van der Waals surface area contributed by atoms with Crippen LogP contribution in [0.25, 0.3) is 0 Å². The fraction of sp³-hybridized carbons (Fsp3) is 0.355. The summed E-state index contributed by atoms with van der Waals surface area (Å²) in [6.45, 7) is 8.10. The number of carbonyl (C=O) groups excluding carboxylic acids is 2. The number of nitrogens with one attached hydrogen (secondary N) is 1. The van der Waals surface area contributed by atoms with Gasteiger partial charge >= 0.3 is 0 Å². The summed E-state index contributed by atoms with van der Waals surface area (Å²) in [6.07, 6.45) is 0. The molecular formula is C31H37Cl2N3O6S. The number of sulfonamides is 1. The Bertz CT molecular complexity index is 1550. The van der Waals surface area contributed by atoms with Crippen LogP contribution >= 0.6 is 23.2 Å². The molecule has 0 fully saturated rings. The van der Waals surface area contributed by atoms with Crippen LogP contribution in [-0.4, -0.2) is 57.5 Å². The molecule has 2 amide bonds. The first-order valence-electron chi connectivity index (χ1n) is 13.4. The fourth-order valence-electron chi connectivity index (χ4n) is 4.26. The van der Waals surface area contributed by atoms with Gasteiger partial charge in [-0.1, -0.05) is 47.0 Å². The van der Waals surface area contributed by atoms with Crippen molar-refractivity contribution in [3.8, 4) is 11.5 Å². The lowest BCUT2D eigenvalue weighted by Crippen LogP contribution is -2.54. The maximum Gasteiger partial charge on any atom is 0.264 e. The van der Waals surface area contributed by atoms with Gasteiger partial charge in [-0.3, -0.25) is 13.9 Å². The van der Waals surface area contributed by atoms with Gasteiger partial charge in [0, 0.05) is 33.8 Å². The van der Waals surface area contributed by atoms with Gasteiger partial charge in [-0.15, -0.1) is 0 Å². The normalized spacial score (nSPS) is 12.3. The van der Waals surface area contributed by atoms with Gasteiger partial charge in [0.2, 0.25) is 11.8 Å². The fourth-order valence-corrected chi connectivity index (χ4v) is 6.18. The molecule has 232 valence electrons. The molecular weight excluding hydrogens is 613 g/mol. The van der Waals surface area contributed by atoms with Crippen molar-refractivity contribution in [1.29, 1.82) is 0 Å². The molecule has 12 heteroatoms. The van der Waals surface area contributed by atoms with Crippen LogP contribution in [0.1, 0.15) is 38.8 Å². The first kappa shape index (κ1) is 34.0. The Morgan fingerprint density at radius 2 is 1.51 bits per heavy atom. The molecule has 3 aromatic rings. The Morgan fingerprint density at radius 3 is 2.05 bits per heavy atom. The number of nitrogens with zero attached hydrogens (tertiary/aromatic N) is 2. The van der Waals surface area contributed by atoms with Gasteiger partial charge in [-0.2, -0.15) is 0 Å². The van der Waals surface area contributed by atoms with Crippen molar-refractivity contribution >= 4 is 50.7 Å². The SMILES string of the molecule is COc1ccc(N(CC(=O)N(Cc2c(Cl)cccc2Cl)[C@H](C)C(=O)NC(C)(C)C)S(=O)(=O)c2ccc(C)cc2)cc1OC. The molecule has 0 aliphatic heterocycles. The molecule has 0 radical (unpaired) electrons. The summed E-state index contributed by atoms with van der Waals surface area (Å²) in [5, 5.41) is 3.49. The summed E-state index contributed by atoms with van der Waals surface area (Å²) in [6, 6.07) is 14.8. The molecule has 0 aliphatic carbocycles. The van der Waals surface area contributed by atoms with Gasteiger partial charge < -0.3 is 19.7 Å². The quantitative estimate of drug-likeness (QED) is 0.280. The number of anilines is 1. The third-order valence-electron chi connectivity index (χ3n) is 6.60. The molecule has 0 unspecified atom stereocenters. The van der Waals surface area contributed by atoms with E-state index >= 15 is 0 Å². The number of hydrogen-bond donors (Lipinski definition) is 1. The number of methoxy groups -OCH3 is 2. The summed E-state index contributed by atoms with van der Waals surface area (Å²) in [4.78, 5) is 28.7. The molecule has 0 spiro atoms. The number of carbonyl (C=O) groups is 2. The Hall–Kier alpha value is -3.47. The maximum absolute atomic E-state index is 14.2. The molecule has 3 rings (SSSR count). The molecule has 0 heterocycles. The second-order valence-electron chi connectivity index (χ2n) is 11.0. The molecule has 0 bridgehead atoms. The van der Waals surface area contributed by atoms with Gasteiger partial charge in [-0.25, -0.2) is 8.42 Å². The predicted molar refractivity (Wildman–Crippen MR) is 170 cm³/mol. The van der Waals surface area contributed by atoms with E-state index in [0.717, 1.165) is 9.87 Å². The second kappa shape index (κ2) is 13.9. The number of hydrogen-bond acceptors (Lipinski definition) is 6. The van der Waals surface area contributed by atoms with Crippen LogP contribution in [0.5, 0.6) is 11.5 Å². The van der Waals surface area contributed by atoms with Crippen molar-refractivity contribution in [2.75, 3.05) is 25.1 Å². The van der Waals surface area contributed by atoms with Crippen LogP contribution < -0.4 is 19.1 Å². The zero-order valence-corrected chi connectivity index (χ0v) is 27.6. The standard InChI is InChI=1S/C31H37Cl2N3O6S/c1-20-11-14-23(15-12-20)43(39,40)36(22-13-16-27(41-6)28(17-22)42-7)19-29(37)35(21(2)30(38)34-31(3,4)5)18-24-25(32)9-8-10-26(24)33/h8-17,21H,18-19H2,1-7H3,(H,34,38)/t21-/m1/s1. The smallest absolute Gasteiger partial charge is 0.264 e. The average Bonchev–Trinajstić information content (AvgIpc) is 2.94. The summed E-state index contributed by atoms with van der Waals surface area (Å²) in [5.41, 5.74) is 0.875. The average molecular weight is 651 g/mol. The van der Waals surface area contributed by atoms with Crippen molar-refractivity contribution in [3.05, 3.63) is 81.8 Å². The topological polar surface area (TPSA) is 105 Å². The van der Waals surface area contributed by atoms with Crippen LogP contribution in [-0.2, 0) is 26.2 Å². The van der Waals surface area contributed by atoms with Gasteiger partial charge in [0.1, 0.15) is 12.6 Å². The van der Waals surface area contributed by atoms with Gasteiger partial charge in [0.15, 0.2) is 11.5 Å². The lowest BCUT2D eigenvalue weighted by Gasteiger charge is -2.34. The monoisotopic (exact) mass is 649 g/mol. The first-order chi connectivity index (χ1) is 20.1. The van der Waals surface area contributed by atoms with E-state index in [9.17, 15) is 18.0 Å². The second-order valence-corrected chi connectivity index (χ2v) is 13.7. The van der Waals surface area contributed by atoms with E-state index in [-0.39, 0.29) is 22.9 Å². The van der Waals surface area contributed by atoms with Crippen LogP contribution in [0, 0.1) is 6.92 Å². The van der Waals surface area contributed by atoms with E-state index in [4.69, 9.17) is 32.7 Å². The van der Waals surface area contributed by atoms with Crippen molar-refractivity contribution in [2.24, 2.45) is 0 Å². The van der Waals surface area contributed by atoms with E-state index in [2.05, 4.69) is 5.32 Å². The number of amides is 2. The summed E-state index contributed by atoms with van der Waals surface area (Å²) in [7, 11) is -1.38. The number of aryl methyl sites for hydroxylation is 1. The van der Waals surface area contributed by atoms with Crippen molar-refractivity contribution < 1.29 is 27.5 Å². The van der Waals surface area contributed by atoms with E-state index in [1.807, 2.05) is 27.7 Å². The number of benzene rings is 3. The predicted octanol–water partition coefficient (Wildman–Crippen LogP) is 5.85. The van der Waals surface area contributed by atoms with Gasteiger partial charge in [-0.05, 0) is 71.0 Å². The Morgan fingerprint density at radius 1 is 0.930 bits per heavy atom. The van der Waals surface area contributed by atoms with Crippen LogP contribution in [0.15, 0.2) is 65.6 Å². The molecule has 1 atom stereocenters. The maximum atomic E-state index is 14.2. The Balaban J connectivity index is 2.14. The highest BCUT2D eigenvalue weighted by atomic mass is 35.5. The van der Waals surface area contributed by atoms with Crippen LogP contribution in [0.3, 0.4) is 0 Å². The molecule has 1 N–H and O–H groups in total. The van der Waals surface area contributed by atoms with E-state index in [1.165, 1.54) is 43.4 Å². The highest BCUT2D eigenvalue weighted by Crippen LogP contribution is 2.34. The number of rotatable bonds is 11. The highest BCUT2D eigenvalue weighted by molar-refractivity contribution is 7.92. The molecule has 9 nitrogen and oxygen atoms in total. The minimum Gasteiger partial charge on any atom is -0.493 e. The lowest BCUT2D eigenvalue weighted by atomic mass is 10.1. The van der Waals surface area contributed by atoms with Gasteiger partial charge in [0.05, 0.1) is 24.8 Å². The Labute approximate surface area is 263 Å². The molecule has 0 aliphatic rings. The van der Waals surface area contributed by atoms with E-state index < -0.39 is 40.0 Å². The largest absolute Gasteiger partial charge is 0.493 e. The van der Waals surface area contributed by atoms with Crippen LogP contribution in [0.2, 0.25) is 10.0 Å². The zero-order chi connectivity index (χ0) is 32.1. The molecule has 0 aromatic heterocycles. The zero-order valence-electron chi connectivity index (χ0n) is 25.3. The minimum atomic E-state index is -4.27. The minimum absolute atomic E-state index is 0.0140. The summed E-state index contributed by atoms with van der Waals surface area (Å²) >= 11 is 12.9. The van der Waals surface area contributed by atoms with Gasteiger partial charge in [0.25, 0.3) is 10.0 Å². The van der Waals surface area contributed by atoms with E-state index in [1.54, 1.807) is 43.3 Å². The summed E-state index contributed by atoms with van der Waals surface area (Å²) < 4.78 is 39.9. The Kier molecular flexibility index (Phi) is 11.0. The third kappa shape index (κ3) is 8.34.